The topological polar surface area (TPSA) is 97.6 Å². The van der Waals surface area contributed by atoms with E-state index in [-0.39, 0.29) is 23.5 Å². The highest BCUT2D eigenvalue weighted by Crippen LogP contribution is 2.44. The molecule has 2 unspecified atom stereocenters. The Balaban J connectivity index is 1.37. The lowest BCUT2D eigenvalue weighted by Gasteiger charge is -2.34. The highest BCUT2D eigenvalue weighted by atomic mass is 19.1. The van der Waals surface area contributed by atoms with Crippen LogP contribution < -0.4 is 4.90 Å². The first-order valence-electron chi connectivity index (χ1n) is 10.6. The Bertz CT molecular complexity index is 1450. The number of carbonyl (C=O) groups excluding carboxylic acids is 3. The number of anilines is 1. The van der Waals surface area contributed by atoms with Crippen molar-refractivity contribution in [2.24, 2.45) is 0 Å². The number of fused-ring (bicyclic) bond motifs is 6. The highest BCUT2D eigenvalue weighted by Gasteiger charge is 2.63. The standard InChI is InChI=1S/C24H15F2N5O3/c25-13-5-12(6-14(26)7-13)22(32)29-11-15-8-19(29)21-23(33)31(24(34)30(15)21)20-10-28-18(9-27)16-3-1-2-4-17(16)20/h1-7,10,15,19,21H,8,11H2/t15?,19?,21-/m0/s1. The maximum atomic E-state index is 13.7. The number of hydrogen-bond donors (Lipinski definition) is 0. The summed E-state index contributed by atoms with van der Waals surface area (Å²) in [5, 5.41) is 10.4. The summed E-state index contributed by atoms with van der Waals surface area (Å²) in [4.78, 5) is 48.0. The van der Waals surface area contributed by atoms with Gasteiger partial charge in [0.05, 0.1) is 24.0 Å². The Kier molecular flexibility index (Phi) is 4.20. The zero-order valence-corrected chi connectivity index (χ0v) is 17.5. The Hall–Kier alpha value is -4.39. The minimum Gasteiger partial charge on any atom is -0.331 e. The summed E-state index contributed by atoms with van der Waals surface area (Å²) in [5.41, 5.74) is 0.300. The molecule has 4 amide bonds. The molecule has 2 bridgehead atoms. The van der Waals surface area contributed by atoms with E-state index in [4.69, 9.17) is 0 Å². The summed E-state index contributed by atoms with van der Waals surface area (Å²) in [6.45, 7) is 0.164. The second-order valence-corrected chi connectivity index (χ2v) is 8.53. The van der Waals surface area contributed by atoms with Gasteiger partial charge in [0.15, 0.2) is 0 Å². The molecule has 3 saturated heterocycles. The molecule has 3 aliphatic rings. The first-order valence-corrected chi connectivity index (χ1v) is 10.6. The summed E-state index contributed by atoms with van der Waals surface area (Å²) in [6, 6.07) is 9.07. The van der Waals surface area contributed by atoms with Gasteiger partial charge in [-0.3, -0.25) is 9.59 Å². The van der Waals surface area contributed by atoms with Crippen molar-refractivity contribution in [1.82, 2.24) is 14.8 Å². The number of rotatable bonds is 2. The molecular formula is C24H15F2N5O3. The Labute approximate surface area is 191 Å². The molecule has 3 aliphatic heterocycles. The van der Waals surface area contributed by atoms with Gasteiger partial charge in [0.25, 0.3) is 11.8 Å². The van der Waals surface area contributed by atoms with Crippen LogP contribution >= 0.6 is 0 Å². The van der Waals surface area contributed by atoms with Crippen molar-refractivity contribution in [3.8, 4) is 6.07 Å². The molecule has 3 fully saturated rings. The van der Waals surface area contributed by atoms with Gasteiger partial charge in [0.1, 0.15) is 29.4 Å². The Morgan fingerprint density at radius 3 is 2.50 bits per heavy atom. The van der Waals surface area contributed by atoms with Crippen molar-refractivity contribution in [2.75, 3.05) is 11.4 Å². The third-order valence-corrected chi connectivity index (χ3v) is 6.76. The number of amides is 4. The fourth-order valence-corrected chi connectivity index (χ4v) is 5.40. The molecule has 0 spiro atoms. The molecule has 4 heterocycles. The van der Waals surface area contributed by atoms with Gasteiger partial charge in [-0.1, -0.05) is 24.3 Å². The van der Waals surface area contributed by atoms with Gasteiger partial charge >= 0.3 is 6.03 Å². The van der Waals surface area contributed by atoms with E-state index in [0.29, 0.717) is 23.3 Å². The summed E-state index contributed by atoms with van der Waals surface area (Å²) < 4.78 is 27.3. The average Bonchev–Trinajstić information content (AvgIpc) is 3.49. The number of hydrogen-bond acceptors (Lipinski definition) is 5. The lowest BCUT2D eigenvalue weighted by atomic mass is 10.1. The van der Waals surface area contributed by atoms with Crippen LogP contribution in [0.1, 0.15) is 22.5 Å². The average molecular weight is 459 g/mol. The van der Waals surface area contributed by atoms with Gasteiger partial charge in [-0.25, -0.2) is 23.5 Å². The molecule has 0 N–H and O–H groups in total. The number of piperazine rings is 1. The molecule has 3 atom stereocenters. The zero-order chi connectivity index (χ0) is 23.7. The van der Waals surface area contributed by atoms with Gasteiger partial charge in [-0.2, -0.15) is 5.26 Å². The van der Waals surface area contributed by atoms with E-state index in [9.17, 15) is 28.4 Å². The predicted molar refractivity (Wildman–Crippen MR) is 115 cm³/mol. The number of imide groups is 1. The van der Waals surface area contributed by atoms with Crippen LogP contribution in [0.4, 0.5) is 19.3 Å². The third kappa shape index (κ3) is 2.67. The van der Waals surface area contributed by atoms with Crippen LogP contribution in [0.25, 0.3) is 10.8 Å². The van der Waals surface area contributed by atoms with Crippen molar-refractivity contribution >= 4 is 34.3 Å². The fourth-order valence-electron chi connectivity index (χ4n) is 5.40. The highest BCUT2D eigenvalue weighted by molar-refractivity contribution is 6.25. The fraction of sp³-hybridized carbons (Fsp3) is 0.208. The van der Waals surface area contributed by atoms with E-state index >= 15 is 0 Å². The van der Waals surface area contributed by atoms with Gasteiger partial charge in [-0.05, 0) is 18.6 Å². The molecule has 3 aromatic rings. The van der Waals surface area contributed by atoms with E-state index < -0.39 is 47.6 Å². The van der Waals surface area contributed by atoms with E-state index in [2.05, 4.69) is 4.98 Å². The quantitative estimate of drug-likeness (QED) is 0.549. The first kappa shape index (κ1) is 20.2. The molecule has 1 aromatic heterocycles. The van der Waals surface area contributed by atoms with E-state index in [1.165, 1.54) is 16.0 Å². The minimum absolute atomic E-state index is 0.146. The third-order valence-electron chi connectivity index (χ3n) is 6.76. The minimum atomic E-state index is -0.900. The summed E-state index contributed by atoms with van der Waals surface area (Å²) in [5.74, 6) is -2.83. The smallest absolute Gasteiger partial charge is 0.331 e. The summed E-state index contributed by atoms with van der Waals surface area (Å²) in [7, 11) is 0. The van der Waals surface area contributed by atoms with Crippen molar-refractivity contribution in [2.45, 2.75) is 24.5 Å². The van der Waals surface area contributed by atoms with Gasteiger partial charge in [0.2, 0.25) is 0 Å². The Morgan fingerprint density at radius 1 is 1.09 bits per heavy atom. The van der Waals surface area contributed by atoms with Crippen molar-refractivity contribution in [3.63, 3.8) is 0 Å². The normalized spacial score (nSPS) is 23.1. The molecule has 10 heteroatoms. The molecule has 8 nitrogen and oxygen atoms in total. The van der Waals surface area contributed by atoms with Crippen molar-refractivity contribution < 1.29 is 23.2 Å². The zero-order valence-electron chi connectivity index (χ0n) is 17.5. The predicted octanol–water partition coefficient (Wildman–Crippen LogP) is 2.82. The van der Waals surface area contributed by atoms with Crippen LogP contribution in [-0.2, 0) is 4.79 Å². The number of pyridine rings is 1. The number of likely N-dealkylation sites (tertiary alicyclic amines) is 1. The van der Waals surface area contributed by atoms with Gasteiger partial charge in [0, 0.05) is 28.9 Å². The van der Waals surface area contributed by atoms with Crippen LogP contribution in [0.3, 0.4) is 0 Å². The number of carbonyl (C=O) groups is 3. The second kappa shape index (κ2) is 7.05. The molecule has 168 valence electrons. The van der Waals surface area contributed by atoms with Gasteiger partial charge in [-0.15, -0.1) is 0 Å². The second-order valence-electron chi connectivity index (χ2n) is 8.53. The number of benzene rings is 2. The summed E-state index contributed by atoms with van der Waals surface area (Å²) >= 11 is 0. The van der Waals surface area contributed by atoms with E-state index in [0.717, 1.165) is 17.0 Å². The van der Waals surface area contributed by atoms with E-state index in [1.807, 2.05) is 6.07 Å². The van der Waals surface area contributed by atoms with Crippen LogP contribution in [0.15, 0.2) is 48.7 Å². The molecule has 0 radical (unpaired) electrons. The van der Waals surface area contributed by atoms with Crippen LogP contribution in [0.2, 0.25) is 0 Å². The van der Waals surface area contributed by atoms with Crippen LogP contribution in [-0.4, -0.2) is 57.3 Å². The van der Waals surface area contributed by atoms with Crippen LogP contribution in [0.5, 0.6) is 0 Å². The number of urea groups is 1. The van der Waals surface area contributed by atoms with Gasteiger partial charge < -0.3 is 9.80 Å². The maximum absolute atomic E-state index is 13.7. The van der Waals surface area contributed by atoms with Crippen LogP contribution in [0, 0.1) is 23.0 Å². The van der Waals surface area contributed by atoms with Crippen molar-refractivity contribution in [3.05, 3.63) is 71.6 Å². The maximum Gasteiger partial charge on any atom is 0.332 e. The molecule has 2 aromatic carbocycles. The number of halogens is 2. The first-order chi connectivity index (χ1) is 16.4. The van der Waals surface area contributed by atoms with E-state index in [1.54, 1.807) is 24.3 Å². The molecule has 0 saturated carbocycles. The molecular weight excluding hydrogens is 444 g/mol. The largest absolute Gasteiger partial charge is 0.332 e. The number of nitriles is 1. The SMILES string of the molecule is N#Cc1ncc(N2C(=O)[C@@H]3C4CC(CN4C(=O)c4cc(F)cc(F)c4)N3C2=O)c2ccccc12. The number of nitrogens with zero attached hydrogens (tertiary/aromatic N) is 5. The Morgan fingerprint density at radius 2 is 1.79 bits per heavy atom. The lowest BCUT2D eigenvalue weighted by Crippen LogP contribution is -2.54. The van der Waals surface area contributed by atoms with Crippen molar-refractivity contribution in [1.29, 1.82) is 5.26 Å². The monoisotopic (exact) mass is 459 g/mol. The molecule has 6 rings (SSSR count). The molecule has 34 heavy (non-hydrogen) atoms. The molecule has 0 aliphatic carbocycles. The lowest BCUT2D eigenvalue weighted by molar-refractivity contribution is -0.121. The summed E-state index contributed by atoms with van der Waals surface area (Å²) in [6.07, 6.45) is 1.74. The number of aromatic nitrogens is 1.